The number of fused-ring (bicyclic) bond motifs is 2. The first kappa shape index (κ1) is 13.1. The zero-order chi connectivity index (χ0) is 15.2. The van der Waals surface area contributed by atoms with Crippen molar-refractivity contribution in [2.75, 3.05) is 5.32 Å². The lowest BCUT2D eigenvalue weighted by atomic mass is 10.0. The molecule has 0 unspecified atom stereocenters. The minimum Gasteiger partial charge on any atom is -0.357 e. The van der Waals surface area contributed by atoms with Crippen molar-refractivity contribution in [3.8, 4) is 0 Å². The Bertz CT molecular complexity index is 1020. The molecule has 23 heavy (non-hydrogen) atoms. The van der Waals surface area contributed by atoms with Gasteiger partial charge in [-0.15, -0.1) is 0 Å². The van der Waals surface area contributed by atoms with Crippen molar-refractivity contribution in [2.45, 2.75) is 19.4 Å². The average molecular weight is 316 g/mol. The molecule has 0 amide bonds. The third-order valence-corrected chi connectivity index (χ3v) is 5.60. The molecule has 0 aliphatic heterocycles. The van der Waals surface area contributed by atoms with E-state index in [1.165, 1.54) is 38.6 Å². The lowest BCUT2D eigenvalue weighted by Gasteiger charge is -2.02. The molecule has 1 aliphatic rings. The van der Waals surface area contributed by atoms with Gasteiger partial charge in [0.15, 0.2) is 5.13 Å². The fourth-order valence-electron chi connectivity index (χ4n) is 3.55. The number of hydrogen-bond donors (Lipinski definition) is 1. The Hall–Kier alpha value is -2.39. The second kappa shape index (κ2) is 5.07. The highest BCUT2D eigenvalue weighted by molar-refractivity contribution is 7.22. The number of aromatic nitrogens is 1. The van der Waals surface area contributed by atoms with Gasteiger partial charge < -0.3 is 5.32 Å². The SMILES string of the molecule is c1ccc(CNc2nc3c(cc4c5c(cccc53)CC4)s2)cc1. The van der Waals surface area contributed by atoms with Gasteiger partial charge in [-0.1, -0.05) is 59.9 Å². The normalized spacial score (nSPS) is 13.0. The van der Waals surface area contributed by atoms with E-state index in [1.54, 1.807) is 11.3 Å². The molecule has 0 fully saturated rings. The van der Waals surface area contributed by atoms with Crippen molar-refractivity contribution in [1.82, 2.24) is 4.98 Å². The summed E-state index contributed by atoms with van der Waals surface area (Å²) in [5.41, 5.74) is 5.39. The maximum absolute atomic E-state index is 4.87. The van der Waals surface area contributed by atoms with Crippen molar-refractivity contribution in [3.05, 3.63) is 71.3 Å². The van der Waals surface area contributed by atoms with Gasteiger partial charge in [0.1, 0.15) is 0 Å². The van der Waals surface area contributed by atoms with Crippen LogP contribution >= 0.6 is 11.3 Å². The molecule has 0 bridgehead atoms. The highest BCUT2D eigenvalue weighted by Gasteiger charge is 2.18. The Morgan fingerprint density at radius 2 is 1.83 bits per heavy atom. The van der Waals surface area contributed by atoms with Gasteiger partial charge in [0.05, 0.1) is 10.2 Å². The molecular formula is C20H16N2S. The number of aryl methyl sites for hydroxylation is 2. The Labute approximate surface area is 138 Å². The molecule has 0 spiro atoms. The predicted molar refractivity (Wildman–Crippen MR) is 98.3 cm³/mol. The molecule has 0 saturated carbocycles. The van der Waals surface area contributed by atoms with Crippen LogP contribution in [0.1, 0.15) is 16.7 Å². The van der Waals surface area contributed by atoms with Gasteiger partial charge in [0, 0.05) is 11.9 Å². The van der Waals surface area contributed by atoms with E-state index in [0.717, 1.165) is 23.6 Å². The fourth-order valence-corrected chi connectivity index (χ4v) is 4.50. The summed E-state index contributed by atoms with van der Waals surface area (Å²) in [5, 5.41) is 7.24. The van der Waals surface area contributed by atoms with Gasteiger partial charge in [-0.3, -0.25) is 0 Å². The summed E-state index contributed by atoms with van der Waals surface area (Å²) < 4.78 is 1.29. The van der Waals surface area contributed by atoms with Crippen LogP contribution in [-0.4, -0.2) is 4.98 Å². The molecule has 1 heterocycles. The summed E-state index contributed by atoms with van der Waals surface area (Å²) in [6.07, 6.45) is 2.33. The summed E-state index contributed by atoms with van der Waals surface area (Å²) in [4.78, 5) is 4.87. The largest absolute Gasteiger partial charge is 0.357 e. The highest BCUT2D eigenvalue weighted by Crippen LogP contribution is 2.39. The number of anilines is 1. The molecule has 0 saturated heterocycles. The van der Waals surface area contributed by atoms with Crippen LogP contribution < -0.4 is 5.32 Å². The van der Waals surface area contributed by atoms with E-state index in [-0.39, 0.29) is 0 Å². The number of nitrogens with one attached hydrogen (secondary N) is 1. The summed E-state index contributed by atoms with van der Waals surface area (Å²) in [6, 6.07) is 19.5. The van der Waals surface area contributed by atoms with E-state index < -0.39 is 0 Å². The molecule has 1 N–H and O–H groups in total. The smallest absolute Gasteiger partial charge is 0.184 e. The third-order valence-electron chi connectivity index (χ3n) is 4.64. The minimum atomic E-state index is 0.816. The summed E-state index contributed by atoms with van der Waals surface area (Å²) in [6.45, 7) is 0.816. The topological polar surface area (TPSA) is 24.9 Å². The second-order valence-electron chi connectivity index (χ2n) is 6.08. The number of nitrogens with zero attached hydrogens (tertiary/aromatic N) is 1. The molecule has 1 aliphatic carbocycles. The fraction of sp³-hybridized carbons (Fsp3) is 0.150. The molecule has 1 aromatic heterocycles. The molecule has 112 valence electrons. The van der Waals surface area contributed by atoms with E-state index in [4.69, 9.17) is 4.98 Å². The van der Waals surface area contributed by atoms with Crippen molar-refractivity contribution >= 4 is 37.5 Å². The Kier molecular flexibility index (Phi) is 2.88. The lowest BCUT2D eigenvalue weighted by molar-refractivity contribution is 1.03. The zero-order valence-electron chi connectivity index (χ0n) is 12.7. The number of benzene rings is 3. The third kappa shape index (κ3) is 2.12. The molecule has 4 aromatic rings. The summed E-state index contributed by atoms with van der Waals surface area (Å²) in [7, 11) is 0. The molecule has 3 aromatic carbocycles. The maximum Gasteiger partial charge on any atom is 0.184 e. The molecule has 5 rings (SSSR count). The van der Waals surface area contributed by atoms with Crippen molar-refractivity contribution < 1.29 is 0 Å². The first-order valence-electron chi connectivity index (χ1n) is 8.00. The molecular weight excluding hydrogens is 300 g/mol. The van der Waals surface area contributed by atoms with Crippen molar-refractivity contribution in [3.63, 3.8) is 0 Å². The van der Waals surface area contributed by atoms with Gasteiger partial charge in [-0.2, -0.15) is 0 Å². The Morgan fingerprint density at radius 3 is 2.74 bits per heavy atom. The Morgan fingerprint density at radius 1 is 0.957 bits per heavy atom. The first-order chi connectivity index (χ1) is 11.4. The van der Waals surface area contributed by atoms with Crippen molar-refractivity contribution in [2.24, 2.45) is 0 Å². The van der Waals surface area contributed by atoms with Crippen LogP contribution in [0.15, 0.2) is 54.6 Å². The van der Waals surface area contributed by atoms with Crippen LogP contribution in [0, 0.1) is 0 Å². The first-order valence-corrected chi connectivity index (χ1v) is 8.82. The van der Waals surface area contributed by atoms with E-state index >= 15 is 0 Å². The van der Waals surface area contributed by atoms with Gasteiger partial charge >= 0.3 is 0 Å². The van der Waals surface area contributed by atoms with E-state index in [9.17, 15) is 0 Å². The second-order valence-corrected chi connectivity index (χ2v) is 7.11. The average Bonchev–Trinajstić information content (AvgIpc) is 3.20. The molecule has 0 atom stereocenters. The van der Waals surface area contributed by atoms with Crippen LogP contribution in [0.3, 0.4) is 0 Å². The monoisotopic (exact) mass is 316 g/mol. The van der Waals surface area contributed by atoms with Crippen LogP contribution in [0.25, 0.3) is 21.0 Å². The quantitative estimate of drug-likeness (QED) is 0.564. The highest BCUT2D eigenvalue weighted by atomic mass is 32.1. The predicted octanol–water partition coefficient (Wildman–Crippen LogP) is 5.16. The minimum absolute atomic E-state index is 0.816. The van der Waals surface area contributed by atoms with Crippen LogP contribution in [-0.2, 0) is 19.4 Å². The van der Waals surface area contributed by atoms with E-state index in [1.807, 2.05) is 6.07 Å². The standard InChI is InChI=1S/C20H16N2S/c1-2-5-13(6-3-1)12-21-20-22-19-16-8-4-7-14-9-10-15(18(14)16)11-17(19)23-20/h1-8,11H,9-10,12H2,(H,21,22). The lowest BCUT2D eigenvalue weighted by Crippen LogP contribution is -1.98. The number of rotatable bonds is 3. The molecule has 2 nitrogen and oxygen atoms in total. The maximum atomic E-state index is 4.87. The summed E-state index contributed by atoms with van der Waals surface area (Å²) >= 11 is 1.76. The van der Waals surface area contributed by atoms with Crippen molar-refractivity contribution in [1.29, 1.82) is 0 Å². The van der Waals surface area contributed by atoms with E-state index in [2.05, 4.69) is 53.8 Å². The number of thiazole rings is 1. The zero-order valence-corrected chi connectivity index (χ0v) is 13.5. The summed E-state index contributed by atoms with van der Waals surface area (Å²) in [5.74, 6) is 0. The molecule has 3 heteroatoms. The van der Waals surface area contributed by atoms with Gasteiger partial charge in [0.2, 0.25) is 0 Å². The molecule has 0 radical (unpaired) electrons. The van der Waals surface area contributed by atoms with E-state index in [0.29, 0.717) is 0 Å². The Balaban J connectivity index is 1.57. The van der Waals surface area contributed by atoms with Gasteiger partial charge in [-0.05, 0) is 41.0 Å². The van der Waals surface area contributed by atoms with Crippen LogP contribution in [0.4, 0.5) is 5.13 Å². The van der Waals surface area contributed by atoms with Crippen LogP contribution in [0.5, 0.6) is 0 Å². The number of hydrogen-bond acceptors (Lipinski definition) is 3. The van der Waals surface area contributed by atoms with Gasteiger partial charge in [0.25, 0.3) is 0 Å². The van der Waals surface area contributed by atoms with Crippen LogP contribution in [0.2, 0.25) is 0 Å². The van der Waals surface area contributed by atoms with Gasteiger partial charge in [-0.25, -0.2) is 4.98 Å².